The molecule has 12 nitrogen and oxygen atoms in total. The minimum absolute atomic E-state index is 0.00877. The van der Waals surface area contributed by atoms with Crippen molar-refractivity contribution in [3.05, 3.63) is 0 Å². The van der Waals surface area contributed by atoms with Crippen molar-refractivity contribution in [2.75, 3.05) is 13.1 Å². The Balaban J connectivity index is 2.27. The van der Waals surface area contributed by atoms with E-state index in [1.165, 1.54) is 6.92 Å². The molecule has 0 bridgehead atoms. The van der Waals surface area contributed by atoms with Crippen LogP contribution in [0.2, 0.25) is 6.32 Å². The van der Waals surface area contributed by atoms with Crippen LogP contribution in [-0.4, -0.2) is 83.1 Å². The topological polar surface area (TPSA) is 208 Å². The van der Waals surface area contributed by atoms with Crippen molar-refractivity contribution in [1.82, 2.24) is 14.3 Å². The van der Waals surface area contributed by atoms with Crippen molar-refractivity contribution in [1.29, 1.82) is 0 Å². The standard InChI is InChI=1S/C16H32BN5O7S/c1-10(18)13(23)20-16(14(24)25)9-22(8-12(16)4-3-7-17(26)27)30(28,29)21-11(2)15(19)5-6-15/h10-12,21,26-27H,3-9,18-19H2,1-2H3,(H,20,23)(H,24,25)/t10-,11+,12-,16-/m0/s1. The van der Waals surface area contributed by atoms with E-state index in [1.807, 2.05) is 0 Å². The molecule has 9 N–H and O–H groups in total. The number of nitrogens with zero attached hydrogens (tertiary/aromatic N) is 1. The Labute approximate surface area is 176 Å². The van der Waals surface area contributed by atoms with Crippen molar-refractivity contribution >= 4 is 29.2 Å². The molecule has 1 heterocycles. The summed E-state index contributed by atoms with van der Waals surface area (Å²) < 4.78 is 29.4. The van der Waals surface area contributed by atoms with Crippen molar-refractivity contribution in [3.63, 3.8) is 0 Å². The molecule has 1 saturated carbocycles. The highest BCUT2D eigenvalue weighted by atomic mass is 32.2. The summed E-state index contributed by atoms with van der Waals surface area (Å²) in [6.45, 7) is 2.41. The molecule has 1 aliphatic carbocycles. The minimum atomic E-state index is -4.08. The van der Waals surface area contributed by atoms with Crippen LogP contribution in [0, 0.1) is 5.92 Å². The maximum atomic E-state index is 12.9. The number of carboxylic acids is 1. The van der Waals surface area contributed by atoms with Gasteiger partial charge in [0.15, 0.2) is 5.54 Å². The van der Waals surface area contributed by atoms with Crippen molar-refractivity contribution < 1.29 is 33.2 Å². The highest BCUT2D eigenvalue weighted by Crippen LogP contribution is 2.37. The first-order chi connectivity index (χ1) is 13.7. The summed E-state index contributed by atoms with van der Waals surface area (Å²) in [5, 5.41) is 30.5. The van der Waals surface area contributed by atoms with Crippen LogP contribution in [0.15, 0.2) is 0 Å². The van der Waals surface area contributed by atoms with Crippen molar-refractivity contribution in [2.24, 2.45) is 17.4 Å². The molecule has 14 heteroatoms. The zero-order chi connectivity index (χ0) is 22.9. The second-order valence-electron chi connectivity index (χ2n) is 8.53. The summed E-state index contributed by atoms with van der Waals surface area (Å²) in [5.41, 5.74) is 9.13. The Morgan fingerprint density at radius 2 is 1.90 bits per heavy atom. The second kappa shape index (κ2) is 9.06. The van der Waals surface area contributed by atoms with Gasteiger partial charge in [0.25, 0.3) is 10.2 Å². The Kier molecular flexibility index (Phi) is 7.55. The Hall–Kier alpha value is -1.29. The van der Waals surface area contributed by atoms with Gasteiger partial charge in [-0.15, -0.1) is 0 Å². The number of rotatable bonds is 11. The molecular formula is C16H32BN5O7S. The predicted octanol–water partition coefficient (Wildman–Crippen LogP) is -2.83. The third-order valence-electron chi connectivity index (χ3n) is 6.06. The molecule has 0 aromatic rings. The second-order valence-corrected chi connectivity index (χ2v) is 10.2. The van der Waals surface area contributed by atoms with Gasteiger partial charge < -0.3 is 31.9 Å². The van der Waals surface area contributed by atoms with Crippen LogP contribution in [0.25, 0.3) is 0 Å². The minimum Gasteiger partial charge on any atom is -0.479 e. The number of hydrogen-bond donors (Lipinski definition) is 7. The molecule has 2 aliphatic rings. The largest absolute Gasteiger partial charge is 0.479 e. The van der Waals surface area contributed by atoms with Gasteiger partial charge in [0.05, 0.1) is 6.04 Å². The van der Waals surface area contributed by atoms with Gasteiger partial charge in [0.1, 0.15) is 0 Å². The lowest BCUT2D eigenvalue weighted by Gasteiger charge is -2.32. The molecular weight excluding hydrogens is 417 g/mol. The van der Waals surface area contributed by atoms with E-state index >= 15 is 0 Å². The van der Waals surface area contributed by atoms with Gasteiger partial charge in [0.2, 0.25) is 5.91 Å². The first-order valence-corrected chi connectivity index (χ1v) is 11.4. The number of amides is 1. The number of nitrogens with two attached hydrogens (primary N) is 2. The third kappa shape index (κ3) is 5.49. The highest BCUT2D eigenvalue weighted by molar-refractivity contribution is 7.87. The molecule has 30 heavy (non-hydrogen) atoms. The fraction of sp³-hybridized carbons (Fsp3) is 0.875. The first kappa shape index (κ1) is 25.0. The SMILES string of the molecule is C[C@H](N)C(=O)N[C@@]1(C(=O)O)CN(S(=O)(=O)N[C@H](C)C2(N)CC2)C[C@@H]1CCCB(O)O. The summed E-state index contributed by atoms with van der Waals surface area (Å²) in [7, 11) is -5.64. The van der Waals surface area contributed by atoms with Crippen LogP contribution in [0.3, 0.4) is 0 Å². The number of nitrogens with one attached hydrogen (secondary N) is 2. The van der Waals surface area contributed by atoms with E-state index in [9.17, 15) is 23.1 Å². The van der Waals surface area contributed by atoms with E-state index in [0.717, 1.165) is 4.31 Å². The van der Waals surface area contributed by atoms with Crippen LogP contribution < -0.4 is 21.5 Å². The zero-order valence-corrected chi connectivity index (χ0v) is 18.1. The molecule has 0 radical (unpaired) electrons. The van der Waals surface area contributed by atoms with Gasteiger partial charge in [-0.1, -0.05) is 6.42 Å². The molecule has 172 valence electrons. The average Bonchev–Trinajstić information content (AvgIpc) is 3.25. The number of carbonyl (C=O) groups excluding carboxylic acids is 1. The monoisotopic (exact) mass is 449 g/mol. The van der Waals surface area contributed by atoms with E-state index in [1.54, 1.807) is 6.92 Å². The van der Waals surface area contributed by atoms with Crippen molar-refractivity contribution in [2.45, 2.75) is 69.0 Å². The molecule has 0 aromatic carbocycles. The van der Waals surface area contributed by atoms with E-state index in [0.29, 0.717) is 12.8 Å². The van der Waals surface area contributed by atoms with Gasteiger partial charge >= 0.3 is 13.1 Å². The van der Waals surface area contributed by atoms with Gasteiger partial charge in [0, 0.05) is 30.6 Å². The third-order valence-corrected chi connectivity index (χ3v) is 7.67. The van der Waals surface area contributed by atoms with E-state index < -0.39 is 64.8 Å². The summed E-state index contributed by atoms with van der Waals surface area (Å²) in [6, 6.07) is -1.53. The lowest BCUT2D eigenvalue weighted by molar-refractivity contribution is -0.149. The van der Waals surface area contributed by atoms with Gasteiger partial charge in [-0.05, 0) is 39.4 Å². The van der Waals surface area contributed by atoms with Gasteiger partial charge in [-0.3, -0.25) is 4.79 Å². The van der Waals surface area contributed by atoms with E-state index in [4.69, 9.17) is 21.5 Å². The fourth-order valence-electron chi connectivity index (χ4n) is 3.70. The molecule has 2 fully saturated rings. The number of aliphatic carboxylic acids is 1. The van der Waals surface area contributed by atoms with Crippen LogP contribution in [0.5, 0.6) is 0 Å². The fourth-order valence-corrected chi connectivity index (χ4v) is 5.29. The van der Waals surface area contributed by atoms with Crippen LogP contribution >= 0.6 is 0 Å². The van der Waals surface area contributed by atoms with E-state index in [2.05, 4.69) is 10.0 Å². The average molecular weight is 449 g/mol. The van der Waals surface area contributed by atoms with Crippen LogP contribution in [0.1, 0.15) is 39.5 Å². The summed E-state index contributed by atoms with van der Waals surface area (Å²) in [5.74, 6) is -2.89. The summed E-state index contributed by atoms with van der Waals surface area (Å²) in [6.07, 6.45) is 1.75. The van der Waals surface area contributed by atoms with Crippen molar-refractivity contribution in [3.8, 4) is 0 Å². The maximum Gasteiger partial charge on any atom is 0.451 e. The summed E-state index contributed by atoms with van der Waals surface area (Å²) in [4.78, 5) is 24.5. The van der Waals surface area contributed by atoms with Gasteiger partial charge in [-0.25, -0.2) is 4.79 Å². The molecule has 0 spiro atoms. The number of carboxylic acid groups (broad SMARTS) is 1. The molecule has 1 aliphatic heterocycles. The molecule has 1 amide bonds. The predicted molar refractivity (Wildman–Crippen MR) is 109 cm³/mol. The lowest BCUT2D eigenvalue weighted by Crippen LogP contribution is -2.63. The number of hydrogen-bond acceptors (Lipinski definition) is 8. The normalized spacial score (nSPS) is 28.0. The Morgan fingerprint density at radius 3 is 2.37 bits per heavy atom. The van der Waals surface area contributed by atoms with Crippen LogP contribution in [0.4, 0.5) is 0 Å². The van der Waals surface area contributed by atoms with Crippen LogP contribution in [-0.2, 0) is 19.8 Å². The molecule has 2 rings (SSSR count). The molecule has 0 unspecified atom stereocenters. The Bertz CT molecular complexity index is 761. The zero-order valence-electron chi connectivity index (χ0n) is 17.2. The lowest BCUT2D eigenvalue weighted by atomic mass is 9.78. The van der Waals surface area contributed by atoms with Gasteiger partial charge in [-0.2, -0.15) is 17.4 Å². The molecule has 0 aromatic heterocycles. The quantitative estimate of drug-likeness (QED) is 0.162. The highest BCUT2D eigenvalue weighted by Gasteiger charge is 2.56. The molecule has 4 atom stereocenters. The Morgan fingerprint density at radius 1 is 1.30 bits per heavy atom. The smallest absolute Gasteiger partial charge is 0.451 e. The van der Waals surface area contributed by atoms with E-state index in [-0.39, 0.29) is 25.7 Å². The summed E-state index contributed by atoms with van der Waals surface area (Å²) >= 11 is 0. The first-order valence-electron chi connectivity index (χ1n) is 9.97. The maximum absolute atomic E-state index is 12.9. The number of carbonyl (C=O) groups is 2. The molecule has 1 saturated heterocycles.